The van der Waals surface area contributed by atoms with Gasteiger partial charge in [0, 0.05) is 17.0 Å². The number of ether oxygens (including phenoxy) is 1. The summed E-state index contributed by atoms with van der Waals surface area (Å²) in [5, 5.41) is 3.88. The van der Waals surface area contributed by atoms with Gasteiger partial charge in [-0.3, -0.25) is 4.79 Å². The molecule has 1 aromatic heterocycles. The van der Waals surface area contributed by atoms with E-state index < -0.39 is 17.4 Å². The predicted molar refractivity (Wildman–Crippen MR) is 103 cm³/mol. The maximum Gasteiger partial charge on any atom is 0.224 e. The molecule has 0 saturated heterocycles. The lowest BCUT2D eigenvalue weighted by Crippen LogP contribution is -2.26. The Balaban J connectivity index is 1.69. The van der Waals surface area contributed by atoms with Crippen LogP contribution in [-0.2, 0) is 11.2 Å². The zero-order valence-corrected chi connectivity index (χ0v) is 15.7. The summed E-state index contributed by atoms with van der Waals surface area (Å²) < 4.78 is 33.1. The number of benzene rings is 2. The molecule has 3 aromatic rings. The SMILES string of the molecule is COc1c(F)ccc(-c2cc(C)c3cc(CC(=O)NC4CC4)ccc3n2)c1F. The van der Waals surface area contributed by atoms with Gasteiger partial charge in [0.15, 0.2) is 17.4 Å². The Hall–Kier alpha value is -3.02. The number of carbonyl (C=O) groups is 1. The molecule has 6 heteroatoms. The Kier molecular flexibility index (Phi) is 4.71. The first-order valence-corrected chi connectivity index (χ1v) is 9.18. The molecule has 0 spiro atoms. The minimum atomic E-state index is -0.776. The van der Waals surface area contributed by atoms with Gasteiger partial charge in [-0.1, -0.05) is 6.07 Å². The number of aryl methyl sites for hydroxylation is 1. The van der Waals surface area contributed by atoms with Gasteiger partial charge in [-0.25, -0.2) is 13.8 Å². The van der Waals surface area contributed by atoms with Gasteiger partial charge in [-0.15, -0.1) is 0 Å². The monoisotopic (exact) mass is 382 g/mol. The van der Waals surface area contributed by atoms with E-state index in [2.05, 4.69) is 10.3 Å². The molecule has 4 nitrogen and oxygen atoms in total. The Bertz CT molecular complexity index is 1080. The van der Waals surface area contributed by atoms with Crippen molar-refractivity contribution >= 4 is 16.8 Å². The second-order valence-electron chi connectivity index (χ2n) is 7.14. The fourth-order valence-electron chi connectivity index (χ4n) is 3.30. The molecule has 1 heterocycles. The van der Waals surface area contributed by atoms with Gasteiger partial charge in [0.2, 0.25) is 5.91 Å². The molecule has 0 aliphatic heterocycles. The van der Waals surface area contributed by atoms with Crippen LogP contribution in [0.2, 0.25) is 0 Å². The zero-order valence-electron chi connectivity index (χ0n) is 15.7. The molecule has 1 fully saturated rings. The third-order valence-corrected chi connectivity index (χ3v) is 4.92. The number of amides is 1. The van der Waals surface area contributed by atoms with Gasteiger partial charge in [-0.2, -0.15) is 0 Å². The fraction of sp³-hybridized carbons (Fsp3) is 0.273. The number of hydrogen-bond donors (Lipinski definition) is 1. The molecular formula is C22H20F2N2O2. The summed E-state index contributed by atoms with van der Waals surface area (Å²) in [5.74, 6) is -1.93. The smallest absolute Gasteiger partial charge is 0.224 e. The molecule has 0 atom stereocenters. The summed E-state index contributed by atoms with van der Waals surface area (Å²) in [7, 11) is 1.23. The zero-order chi connectivity index (χ0) is 19.8. The van der Waals surface area contributed by atoms with Crippen LogP contribution in [0.4, 0.5) is 8.78 Å². The minimum absolute atomic E-state index is 0.0181. The van der Waals surface area contributed by atoms with Gasteiger partial charge in [0.1, 0.15) is 0 Å². The predicted octanol–water partition coefficient (Wildman–Crippen LogP) is 4.32. The van der Waals surface area contributed by atoms with Gasteiger partial charge in [-0.05, 0) is 61.2 Å². The Morgan fingerprint density at radius 3 is 2.71 bits per heavy atom. The van der Waals surface area contributed by atoms with Crippen LogP contribution >= 0.6 is 0 Å². The van der Waals surface area contributed by atoms with Crippen molar-refractivity contribution in [2.75, 3.05) is 7.11 Å². The summed E-state index contributed by atoms with van der Waals surface area (Å²) in [6.07, 6.45) is 2.43. The average molecular weight is 382 g/mol. The van der Waals surface area contributed by atoms with Gasteiger partial charge >= 0.3 is 0 Å². The third-order valence-electron chi connectivity index (χ3n) is 4.92. The van der Waals surface area contributed by atoms with Crippen molar-refractivity contribution in [1.29, 1.82) is 0 Å². The number of nitrogens with zero attached hydrogens (tertiary/aromatic N) is 1. The lowest BCUT2D eigenvalue weighted by Gasteiger charge is -2.11. The maximum absolute atomic E-state index is 14.6. The fourth-order valence-corrected chi connectivity index (χ4v) is 3.30. The highest BCUT2D eigenvalue weighted by molar-refractivity contribution is 5.87. The largest absolute Gasteiger partial charge is 0.491 e. The molecule has 1 aliphatic rings. The van der Waals surface area contributed by atoms with Crippen LogP contribution in [0.5, 0.6) is 5.75 Å². The van der Waals surface area contributed by atoms with Crippen molar-refractivity contribution in [1.82, 2.24) is 10.3 Å². The van der Waals surface area contributed by atoms with Crippen molar-refractivity contribution in [2.24, 2.45) is 0 Å². The Labute approximate surface area is 161 Å². The van der Waals surface area contributed by atoms with Gasteiger partial charge in [0.05, 0.1) is 24.7 Å². The topological polar surface area (TPSA) is 51.2 Å². The number of nitrogens with one attached hydrogen (secondary N) is 1. The van der Waals surface area contributed by atoms with Crippen LogP contribution in [0.15, 0.2) is 36.4 Å². The Morgan fingerprint density at radius 2 is 2.00 bits per heavy atom. The number of hydrogen-bond acceptors (Lipinski definition) is 3. The molecule has 0 radical (unpaired) electrons. The van der Waals surface area contributed by atoms with E-state index in [1.54, 1.807) is 6.07 Å². The number of aromatic nitrogens is 1. The second-order valence-corrected chi connectivity index (χ2v) is 7.14. The normalized spacial score (nSPS) is 13.6. The van der Waals surface area contributed by atoms with E-state index in [9.17, 15) is 13.6 Å². The first-order valence-electron chi connectivity index (χ1n) is 9.18. The molecule has 1 N–H and O–H groups in total. The number of halogens is 2. The van der Waals surface area contributed by atoms with E-state index in [0.29, 0.717) is 23.7 Å². The summed E-state index contributed by atoms with van der Waals surface area (Å²) in [5.41, 5.74) is 3.06. The van der Waals surface area contributed by atoms with Gasteiger partial charge < -0.3 is 10.1 Å². The number of fused-ring (bicyclic) bond motifs is 1. The second kappa shape index (κ2) is 7.19. The highest BCUT2D eigenvalue weighted by Gasteiger charge is 2.23. The number of rotatable bonds is 5. The number of pyridine rings is 1. The lowest BCUT2D eigenvalue weighted by molar-refractivity contribution is -0.120. The minimum Gasteiger partial charge on any atom is -0.491 e. The van der Waals surface area contributed by atoms with E-state index in [4.69, 9.17) is 4.74 Å². The molecule has 144 valence electrons. The lowest BCUT2D eigenvalue weighted by atomic mass is 10.0. The summed E-state index contributed by atoms with van der Waals surface area (Å²) in [6.45, 7) is 1.90. The molecule has 0 unspecified atom stereocenters. The highest BCUT2D eigenvalue weighted by atomic mass is 19.1. The van der Waals surface area contributed by atoms with Gasteiger partial charge in [0.25, 0.3) is 0 Å². The van der Waals surface area contributed by atoms with Crippen LogP contribution in [0.1, 0.15) is 24.0 Å². The van der Waals surface area contributed by atoms with Crippen molar-refractivity contribution in [3.8, 4) is 17.0 Å². The molecule has 28 heavy (non-hydrogen) atoms. The van der Waals surface area contributed by atoms with E-state index in [0.717, 1.165) is 29.4 Å². The number of carbonyl (C=O) groups excluding carboxylic acids is 1. The van der Waals surface area contributed by atoms with E-state index in [1.807, 2.05) is 25.1 Å². The summed E-state index contributed by atoms with van der Waals surface area (Å²) in [6, 6.07) is 10.2. The first-order chi connectivity index (χ1) is 13.5. The molecule has 2 aromatic carbocycles. The van der Waals surface area contributed by atoms with Crippen LogP contribution in [-0.4, -0.2) is 24.0 Å². The van der Waals surface area contributed by atoms with Crippen LogP contribution < -0.4 is 10.1 Å². The van der Waals surface area contributed by atoms with Crippen LogP contribution in [0.25, 0.3) is 22.2 Å². The molecule has 0 bridgehead atoms. The summed E-state index contributed by atoms with van der Waals surface area (Å²) in [4.78, 5) is 16.6. The molecule has 1 saturated carbocycles. The van der Waals surface area contributed by atoms with Crippen molar-refractivity contribution < 1.29 is 18.3 Å². The van der Waals surface area contributed by atoms with Crippen molar-refractivity contribution in [3.05, 3.63) is 59.2 Å². The van der Waals surface area contributed by atoms with Crippen molar-refractivity contribution in [2.45, 2.75) is 32.2 Å². The van der Waals surface area contributed by atoms with Crippen molar-refractivity contribution in [3.63, 3.8) is 0 Å². The van der Waals surface area contributed by atoms with Crippen LogP contribution in [0, 0.1) is 18.6 Å². The van der Waals surface area contributed by atoms with E-state index >= 15 is 0 Å². The van der Waals surface area contributed by atoms with E-state index in [1.165, 1.54) is 19.2 Å². The Morgan fingerprint density at radius 1 is 1.21 bits per heavy atom. The van der Waals surface area contributed by atoms with Crippen LogP contribution in [0.3, 0.4) is 0 Å². The quantitative estimate of drug-likeness (QED) is 0.715. The van der Waals surface area contributed by atoms with E-state index in [-0.39, 0.29) is 11.5 Å². The highest BCUT2D eigenvalue weighted by Crippen LogP contribution is 2.32. The average Bonchev–Trinajstić information content (AvgIpc) is 3.46. The first kappa shape index (κ1) is 18.3. The maximum atomic E-state index is 14.6. The molecule has 1 aliphatic carbocycles. The number of methoxy groups -OCH3 is 1. The molecular weight excluding hydrogens is 362 g/mol. The third kappa shape index (κ3) is 3.54. The standard InChI is InChI=1S/C22H20F2N2O2/c1-12-9-19(15-6-7-17(23)22(28-2)21(15)24)26-18-8-3-13(10-16(12)18)11-20(27)25-14-4-5-14/h3,6-10,14H,4-5,11H2,1-2H3,(H,25,27). The summed E-state index contributed by atoms with van der Waals surface area (Å²) >= 11 is 0. The molecule has 1 amide bonds. The molecule has 4 rings (SSSR count).